The van der Waals surface area contributed by atoms with Gasteiger partial charge in [0.05, 0.1) is 24.9 Å². The van der Waals surface area contributed by atoms with Gasteiger partial charge in [0.15, 0.2) is 6.29 Å². The molecule has 0 aromatic rings. The number of aliphatic hydroxyl groups excluding tert-OH is 6. The Morgan fingerprint density at radius 2 is 1.83 bits per heavy atom. The average Bonchev–Trinajstić information content (AvgIpc) is 3.16. The van der Waals surface area contributed by atoms with Crippen LogP contribution in [0.3, 0.4) is 0 Å². The molecule has 2 saturated carbocycles. The van der Waals surface area contributed by atoms with E-state index in [2.05, 4.69) is 13.5 Å². The van der Waals surface area contributed by atoms with E-state index in [4.69, 9.17) is 14.2 Å². The summed E-state index contributed by atoms with van der Waals surface area (Å²) in [5.74, 6) is -0.473. The highest BCUT2D eigenvalue weighted by Gasteiger charge is 2.58. The first-order chi connectivity index (χ1) is 16.9. The number of carbonyl (C=O) groups is 1. The predicted molar refractivity (Wildman–Crippen MR) is 126 cm³/mol. The number of fused-ring (bicyclic) bond motifs is 1. The van der Waals surface area contributed by atoms with Gasteiger partial charge in [-0.05, 0) is 49.4 Å². The fraction of sp³-hybridized carbons (Fsp3) is 0.808. The number of hydrogen-bond acceptors (Lipinski definition) is 10. The Labute approximate surface area is 211 Å². The second-order valence-corrected chi connectivity index (χ2v) is 11.4. The molecular weight excluding hydrogens is 472 g/mol. The smallest absolute Gasteiger partial charge is 0.336 e. The summed E-state index contributed by atoms with van der Waals surface area (Å²) in [5.41, 5.74) is 0.356. The summed E-state index contributed by atoms with van der Waals surface area (Å²) in [7, 11) is 0. The molecule has 2 aliphatic heterocycles. The molecule has 11 atom stereocenters. The molecule has 0 bridgehead atoms. The minimum atomic E-state index is -1.54. The Morgan fingerprint density at radius 1 is 1.11 bits per heavy atom. The molecule has 0 radical (unpaired) electrons. The van der Waals surface area contributed by atoms with Gasteiger partial charge in [0.2, 0.25) is 0 Å². The van der Waals surface area contributed by atoms with Gasteiger partial charge in [-0.3, -0.25) is 0 Å². The minimum absolute atomic E-state index is 0.00740. The second kappa shape index (κ2) is 10.4. The van der Waals surface area contributed by atoms with Crippen molar-refractivity contribution < 1.29 is 49.6 Å². The van der Waals surface area contributed by atoms with Crippen molar-refractivity contribution in [3.63, 3.8) is 0 Å². The van der Waals surface area contributed by atoms with Gasteiger partial charge < -0.3 is 44.8 Å². The summed E-state index contributed by atoms with van der Waals surface area (Å²) in [6, 6.07) is 0. The van der Waals surface area contributed by atoms with E-state index in [1.807, 2.05) is 6.92 Å². The van der Waals surface area contributed by atoms with E-state index < -0.39 is 60.9 Å². The molecule has 4 fully saturated rings. The maximum atomic E-state index is 12.0. The molecule has 6 N–H and O–H groups in total. The van der Waals surface area contributed by atoms with Crippen LogP contribution in [-0.2, 0) is 19.0 Å². The fourth-order valence-electron chi connectivity index (χ4n) is 7.01. The van der Waals surface area contributed by atoms with E-state index in [0.717, 1.165) is 24.8 Å². The molecule has 10 heteroatoms. The third kappa shape index (κ3) is 4.67. The number of carbonyl (C=O) groups excluding carboxylic acids is 1. The first-order valence-corrected chi connectivity index (χ1v) is 12.8. The lowest BCUT2D eigenvalue weighted by Gasteiger charge is -2.60. The van der Waals surface area contributed by atoms with E-state index in [-0.39, 0.29) is 36.0 Å². The van der Waals surface area contributed by atoms with Crippen LogP contribution in [0.5, 0.6) is 0 Å². The van der Waals surface area contributed by atoms with Crippen molar-refractivity contribution >= 4 is 5.97 Å². The molecule has 4 aliphatic rings. The molecule has 2 heterocycles. The molecule has 10 nitrogen and oxygen atoms in total. The zero-order valence-electron chi connectivity index (χ0n) is 21.0. The van der Waals surface area contributed by atoms with Crippen molar-refractivity contribution in [2.45, 2.75) is 88.9 Å². The highest BCUT2D eigenvalue weighted by atomic mass is 16.7. The first kappa shape index (κ1) is 27.7. The third-order valence-electron chi connectivity index (χ3n) is 9.30. The summed E-state index contributed by atoms with van der Waals surface area (Å²) in [4.78, 5) is 12.0. The summed E-state index contributed by atoms with van der Waals surface area (Å²) in [5, 5.41) is 61.3. The number of ether oxygens (including phenoxy) is 3. The molecule has 0 amide bonds. The molecule has 204 valence electrons. The number of esters is 1. The van der Waals surface area contributed by atoms with Crippen LogP contribution in [0.4, 0.5) is 0 Å². The predicted octanol–water partition coefficient (Wildman–Crippen LogP) is -0.213. The van der Waals surface area contributed by atoms with Crippen molar-refractivity contribution in [3.05, 3.63) is 23.8 Å². The third-order valence-corrected chi connectivity index (χ3v) is 9.30. The van der Waals surface area contributed by atoms with E-state index in [9.17, 15) is 35.4 Å². The molecular formula is C26H40O10. The van der Waals surface area contributed by atoms with Crippen LogP contribution in [0.25, 0.3) is 0 Å². The molecule has 2 aliphatic carbocycles. The summed E-state index contributed by atoms with van der Waals surface area (Å²) in [6.07, 6.45) is -3.42. The van der Waals surface area contributed by atoms with E-state index >= 15 is 0 Å². The molecule has 0 aromatic heterocycles. The molecule has 0 aromatic carbocycles. The Bertz CT molecular complexity index is 873. The number of allylic oxidation sites excluding steroid dienone is 2. The van der Waals surface area contributed by atoms with Crippen molar-refractivity contribution in [1.29, 1.82) is 0 Å². The highest BCUT2D eigenvalue weighted by Crippen LogP contribution is 2.62. The molecule has 0 spiro atoms. The van der Waals surface area contributed by atoms with Gasteiger partial charge in [0.25, 0.3) is 0 Å². The van der Waals surface area contributed by atoms with Gasteiger partial charge in [0.1, 0.15) is 37.1 Å². The number of hydrogen-bond donors (Lipinski definition) is 6. The maximum absolute atomic E-state index is 12.0. The van der Waals surface area contributed by atoms with Crippen molar-refractivity contribution in [1.82, 2.24) is 0 Å². The van der Waals surface area contributed by atoms with Crippen molar-refractivity contribution in [2.75, 3.05) is 19.8 Å². The normalized spacial score (nSPS) is 48.7. The van der Waals surface area contributed by atoms with Gasteiger partial charge in [-0.2, -0.15) is 0 Å². The topological polar surface area (TPSA) is 166 Å². The monoisotopic (exact) mass is 512 g/mol. The summed E-state index contributed by atoms with van der Waals surface area (Å²) >= 11 is 0. The number of cyclic esters (lactones) is 1. The Balaban J connectivity index is 1.54. The second-order valence-electron chi connectivity index (χ2n) is 11.4. The lowest BCUT2D eigenvalue weighted by atomic mass is 9.46. The van der Waals surface area contributed by atoms with Crippen LogP contribution in [0.2, 0.25) is 0 Å². The van der Waals surface area contributed by atoms with Crippen LogP contribution >= 0.6 is 0 Å². The van der Waals surface area contributed by atoms with E-state index in [1.54, 1.807) is 6.08 Å². The molecule has 36 heavy (non-hydrogen) atoms. The largest absolute Gasteiger partial charge is 0.459 e. The molecule has 4 rings (SSSR count). The fourth-order valence-corrected chi connectivity index (χ4v) is 7.01. The number of rotatable bonds is 6. The van der Waals surface area contributed by atoms with Crippen LogP contribution in [0, 0.1) is 22.7 Å². The van der Waals surface area contributed by atoms with Crippen LogP contribution in [0.15, 0.2) is 23.8 Å². The lowest BCUT2D eigenvalue weighted by molar-refractivity contribution is -0.313. The standard InChI is InChI=1S/C26H40O10/c1-13-4-7-18-25(2,15(13)6-5-14-16(28)11-34-23(14)33)9-8-19(29)26(18,3)12-35-24-22(32)21(31)20(30)17(10-27)36-24/h5,15-22,24,27-32H,1,4,6-12H2,2-3H3/t15?,16-,17-,18?,19-,20-,21+,22-,24-,25+,26+/m1/s1. The lowest BCUT2D eigenvalue weighted by Crippen LogP contribution is -2.61. The van der Waals surface area contributed by atoms with Gasteiger partial charge in [-0.1, -0.05) is 32.1 Å². The Morgan fingerprint density at radius 3 is 2.47 bits per heavy atom. The van der Waals surface area contributed by atoms with E-state index in [1.165, 1.54) is 0 Å². The first-order valence-electron chi connectivity index (χ1n) is 12.8. The van der Waals surface area contributed by atoms with Gasteiger partial charge in [-0.25, -0.2) is 4.79 Å². The Kier molecular flexibility index (Phi) is 8.00. The number of aliphatic hydroxyl groups is 6. The van der Waals surface area contributed by atoms with E-state index in [0.29, 0.717) is 12.8 Å². The maximum Gasteiger partial charge on any atom is 0.336 e. The van der Waals surface area contributed by atoms with Gasteiger partial charge >= 0.3 is 5.97 Å². The van der Waals surface area contributed by atoms with Crippen LogP contribution in [0.1, 0.15) is 46.0 Å². The Hall–Kier alpha value is -1.37. The van der Waals surface area contributed by atoms with Gasteiger partial charge in [0, 0.05) is 5.41 Å². The summed E-state index contributed by atoms with van der Waals surface area (Å²) < 4.78 is 16.4. The average molecular weight is 513 g/mol. The van der Waals surface area contributed by atoms with Crippen molar-refractivity contribution in [2.24, 2.45) is 22.7 Å². The van der Waals surface area contributed by atoms with Crippen LogP contribution in [-0.4, -0.2) is 99.3 Å². The molecule has 2 saturated heterocycles. The zero-order valence-corrected chi connectivity index (χ0v) is 21.0. The van der Waals surface area contributed by atoms with Crippen LogP contribution < -0.4 is 0 Å². The zero-order chi connectivity index (χ0) is 26.4. The van der Waals surface area contributed by atoms with Crippen molar-refractivity contribution in [3.8, 4) is 0 Å². The summed E-state index contributed by atoms with van der Waals surface area (Å²) in [6.45, 7) is 7.89. The quantitative estimate of drug-likeness (QED) is 0.159. The van der Waals surface area contributed by atoms with Gasteiger partial charge in [-0.15, -0.1) is 0 Å². The molecule has 2 unspecified atom stereocenters. The SMILES string of the molecule is C=C1CCC2[C@@](C)(CC[C@@H](O)[C@@]2(C)CO[C@@H]2O[C@H](CO)[C@@H](O)[C@H](O)[C@H]2O)C1CC=C1C(=O)OC[C@H]1O. The highest BCUT2D eigenvalue weighted by molar-refractivity contribution is 5.91. The minimum Gasteiger partial charge on any atom is -0.459 e.